The number of hydrogen-bond donors (Lipinski definition) is 1. The molecule has 0 atom stereocenters. The van der Waals surface area contributed by atoms with Crippen LogP contribution in [0.1, 0.15) is 55.5 Å². The maximum atomic E-state index is 12.9. The van der Waals surface area contributed by atoms with Gasteiger partial charge in [-0.1, -0.05) is 18.9 Å². The monoisotopic (exact) mass is 402 g/mol. The molecule has 150 valence electrons. The zero-order valence-corrected chi connectivity index (χ0v) is 16.9. The number of thiazole rings is 1. The maximum absolute atomic E-state index is 12.9. The number of nitrogens with one attached hydrogen (secondary N) is 1. The molecule has 1 aromatic heterocycles. The van der Waals surface area contributed by atoms with Gasteiger partial charge in [-0.25, -0.2) is 9.78 Å². The van der Waals surface area contributed by atoms with Crippen molar-refractivity contribution in [2.75, 3.05) is 18.0 Å². The van der Waals surface area contributed by atoms with Crippen LogP contribution in [0.4, 0.5) is 9.93 Å². The van der Waals surface area contributed by atoms with E-state index in [4.69, 9.17) is 0 Å². The Kier molecular flexibility index (Phi) is 5.23. The highest BCUT2D eigenvalue weighted by molar-refractivity contribution is 7.16. The van der Waals surface area contributed by atoms with Crippen LogP contribution in [0.25, 0.3) is 0 Å². The van der Waals surface area contributed by atoms with Gasteiger partial charge in [0.2, 0.25) is 5.91 Å². The number of hydrogen-bond acceptors (Lipinski definition) is 5. The van der Waals surface area contributed by atoms with Crippen molar-refractivity contribution in [3.63, 3.8) is 0 Å². The lowest BCUT2D eigenvalue weighted by Crippen LogP contribution is -2.44. The number of nitrogens with zero attached hydrogens (tertiary/aromatic N) is 3. The maximum Gasteiger partial charge on any atom is 0.325 e. The van der Waals surface area contributed by atoms with Gasteiger partial charge in [0, 0.05) is 24.4 Å². The van der Waals surface area contributed by atoms with Gasteiger partial charge < -0.3 is 5.32 Å². The molecule has 28 heavy (non-hydrogen) atoms. The number of aryl methyl sites for hydroxylation is 2. The summed E-state index contributed by atoms with van der Waals surface area (Å²) in [5, 5.41) is 3.55. The molecule has 1 N–H and O–H groups in total. The first kappa shape index (κ1) is 19.1. The second-order valence-electron chi connectivity index (χ2n) is 7.79. The highest BCUT2D eigenvalue weighted by Gasteiger charge is 2.52. The minimum atomic E-state index is -0.727. The van der Waals surface area contributed by atoms with Crippen LogP contribution in [0.2, 0.25) is 0 Å². The van der Waals surface area contributed by atoms with Gasteiger partial charge in [0.25, 0.3) is 5.91 Å². The van der Waals surface area contributed by atoms with Crippen molar-refractivity contribution < 1.29 is 14.4 Å². The predicted octanol–water partition coefficient (Wildman–Crippen LogP) is 2.80. The molecule has 0 unspecified atom stereocenters. The van der Waals surface area contributed by atoms with Gasteiger partial charge in [-0.05, 0) is 38.5 Å². The van der Waals surface area contributed by atoms with Gasteiger partial charge in [-0.15, -0.1) is 17.9 Å². The third-order valence-electron chi connectivity index (χ3n) is 5.93. The summed E-state index contributed by atoms with van der Waals surface area (Å²) in [4.78, 5) is 46.7. The van der Waals surface area contributed by atoms with Crippen molar-refractivity contribution in [1.29, 1.82) is 0 Å². The fourth-order valence-electron chi connectivity index (χ4n) is 4.41. The molecule has 3 aliphatic rings. The molecular weight excluding hydrogens is 376 g/mol. The molecule has 0 radical (unpaired) electrons. The van der Waals surface area contributed by atoms with Crippen LogP contribution in [0.3, 0.4) is 0 Å². The fourth-order valence-corrected chi connectivity index (χ4v) is 5.58. The molecule has 1 aromatic rings. The fraction of sp³-hybridized carbons (Fsp3) is 0.600. The molecule has 8 heteroatoms. The number of anilines is 1. The molecule has 7 nitrogen and oxygen atoms in total. The van der Waals surface area contributed by atoms with Crippen molar-refractivity contribution in [3.8, 4) is 0 Å². The molecule has 1 aliphatic heterocycles. The first-order valence-electron chi connectivity index (χ1n) is 10.1. The van der Waals surface area contributed by atoms with Gasteiger partial charge in [-0.2, -0.15) is 0 Å². The third kappa shape index (κ3) is 3.34. The summed E-state index contributed by atoms with van der Waals surface area (Å²) in [5.41, 5.74) is 0.375. The second kappa shape index (κ2) is 7.66. The number of fused-ring (bicyclic) bond motifs is 1. The average molecular weight is 403 g/mol. The Morgan fingerprint density at radius 2 is 2.00 bits per heavy atom. The van der Waals surface area contributed by atoms with Crippen LogP contribution in [0, 0.1) is 0 Å². The van der Waals surface area contributed by atoms with Crippen LogP contribution in [0.15, 0.2) is 12.7 Å². The summed E-state index contributed by atoms with van der Waals surface area (Å²) in [6, 6.07) is -0.375. The van der Waals surface area contributed by atoms with E-state index in [1.807, 2.05) is 0 Å². The lowest BCUT2D eigenvalue weighted by atomic mass is 9.98. The molecule has 2 aliphatic carbocycles. The Morgan fingerprint density at radius 3 is 2.71 bits per heavy atom. The minimum absolute atomic E-state index is 0.0906. The molecule has 2 heterocycles. The molecule has 1 spiro atoms. The Morgan fingerprint density at radius 1 is 1.25 bits per heavy atom. The van der Waals surface area contributed by atoms with Gasteiger partial charge >= 0.3 is 6.03 Å². The van der Waals surface area contributed by atoms with E-state index < -0.39 is 5.54 Å². The van der Waals surface area contributed by atoms with Crippen LogP contribution < -0.4 is 10.2 Å². The lowest BCUT2D eigenvalue weighted by molar-refractivity contribution is -0.131. The molecular formula is C20H26N4O3S. The van der Waals surface area contributed by atoms with Crippen molar-refractivity contribution in [1.82, 2.24) is 15.2 Å². The number of urea groups is 1. The number of carbonyl (C=O) groups excluding carboxylic acids is 3. The smallest absolute Gasteiger partial charge is 0.323 e. The Hall–Kier alpha value is -2.22. The van der Waals surface area contributed by atoms with E-state index in [1.165, 1.54) is 9.78 Å². The van der Waals surface area contributed by atoms with Crippen LogP contribution in [-0.4, -0.2) is 46.4 Å². The molecule has 4 amide bonds. The molecule has 1 saturated carbocycles. The van der Waals surface area contributed by atoms with E-state index in [9.17, 15) is 14.4 Å². The molecule has 2 fully saturated rings. The number of carbonyl (C=O) groups is 3. The zero-order valence-electron chi connectivity index (χ0n) is 16.0. The molecule has 1 saturated heterocycles. The van der Waals surface area contributed by atoms with Gasteiger partial charge in [0.15, 0.2) is 5.13 Å². The second-order valence-corrected chi connectivity index (χ2v) is 8.85. The van der Waals surface area contributed by atoms with E-state index in [-0.39, 0.29) is 30.8 Å². The summed E-state index contributed by atoms with van der Waals surface area (Å²) in [7, 11) is 0. The zero-order chi connectivity index (χ0) is 19.7. The topological polar surface area (TPSA) is 82.6 Å². The Bertz CT molecular complexity index is 789. The summed E-state index contributed by atoms with van der Waals surface area (Å²) in [6.45, 7) is 4.23. The quantitative estimate of drug-likeness (QED) is 0.586. The van der Waals surface area contributed by atoms with Gasteiger partial charge in [-0.3, -0.25) is 19.4 Å². The molecule has 4 rings (SSSR count). The highest BCUT2D eigenvalue weighted by atomic mass is 32.1. The van der Waals surface area contributed by atoms with Gasteiger partial charge in [0.05, 0.1) is 5.69 Å². The standard InChI is InChI=1S/C20H26N4O3S/c1-2-12-23(19-21-14-7-3-4-8-15(14)28-19)16(25)9-13-24-17(26)20(22-18(24)27)10-5-6-11-20/h2H,1,3-13H2,(H,22,27). The summed E-state index contributed by atoms with van der Waals surface area (Å²) >= 11 is 1.57. The number of aromatic nitrogens is 1. The number of amides is 4. The number of imide groups is 1. The van der Waals surface area contributed by atoms with E-state index in [2.05, 4.69) is 16.9 Å². The van der Waals surface area contributed by atoms with Crippen LogP contribution >= 0.6 is 11.3 Å². The van der Waals surface area contributed by atoms with Crippen molar-refractivity contribution in [2.45, 2.75) is 63.3 Å². The Labute approximate surface area is 168 Å². The van der Waals surface area contributed by atoms with Crippen molar-refractivity contribution in [2.24, 2.45) is 0 Å². The molecule has 0 bridgehead atoms. The Balaban J connectivity index is 1.44. The first-order chi connectivity index (χ1) is 13.5. The predicted molar refractivity (Wildman–Crippen MR) is 107 cm³/mol. The normalized spacial score (nSPS) is 20.4. The first-order valence-corrected chi connectivity index (χ1v) is 10.9. The van der Waals surface area contributed by atoms with Gasteiger partial charge in [0.1, 0.15) is 5.54 Å². The van der Waals surface area contributed by atoms with E-state index in [1.54, 1.807) is 22.3 Å². The van der Waals surface area contributed by atoms with Crippen molar-refractivity contribution in [3.05, 3.63) is 23.2 Å². The largest absolute Gasteiger partial charge is 0.325 e. The van der Waals surface area contributed by atoms with E-state index in [0.29, 0.717) is 24.5 Å². The summed E-state index contributed by atoms with van der Waals surface area (Å²) < 4.78 is 0. The average Bonchev–Trinajstić information content (AvgIpc) is 3.37. The van der Waals surface area contributed by atoms with Crippen LogP contribution in [-0.2, 0) is 22.4 Å². The minimum Gasteiger partial charge on any atom is -0.323 e. The van der Waals surface area contributed by atoms with E-state index in [0.717, 1.165) is 44.2 Å². The lowest BCUT2D eigenvalue weighted by Gasteiger charge is -2.21. The van der Waals surface area contributed by atoms with Crippen LogP contribution in [0.5, 0.6) is 0 Å². The summed E-state index contributed by atoms with van der Waals surface area (Å²) in [5.74, 6) is -0.318. The SMILES string of the molecule is C=CCN(C(=O)CCN1C(=O)NC2(CCCC2)C1=O)c1nc2c(s1)CCCC2. The van der Waals surface area contributed by atoms with Crippen molar-refractivity contribution >= 4 is 34.3 Å². The number of rotatable bonds is 6. The molecule has 0 aromatic carbocycles. The van der Waals surface area contributed by atoms with E-state index >= 15 is 0 Å². The highest BCUT2D eigenvalue weighted by Crippen LogP contribution is 2.35. The third-order valence-corrected chi connectivity index (χ3v) is 7.11. The summed E-state index contributed by atoms with van der Waals surface area (Å²) in [6.07, 6.45) is 9.33.